The minimum atomic E-state index is -0.380. The molecule has 2 aromatic heterocycles. The lowest BCUT2D eigenvalue weighted by Gasteiger charge is -2.13. The Kier molecular flexibility index (Phi) is 3.16. The van der Waals surface area contributed by atoms with Crippen LogP contribution in [0.4, 0.5) is 0 Å². The zero-order valence-electron chi connectivity index (χ0n) is 10.2. The van der Waals surface area contributed by atoms with E-state index < -0.39 is 0 Å². The quantitative estimate of drug-likeness (QED) is 0.799. The van der Waals surface area contributed by atoms with E-state index in [-0.39, 0.29) is 18.1 Å². The maximum absolute atomic E-state index is 12.1. The molecule has 1 fully saturated rings. The predicted octanol–water partition coefficient (Wildman–Crippen LogP) is 0.113. The molecule has 0 saturated carbocycles. The topological polar surface area (TPSA) is 73.0 Å². The molecule has 0 aromatic carbocycles. The molecule has 19 heavy (non-hydrogen) atoms. The zero-order valence-corrected chi connectivity index (χ0v) is 11.0. The summed E-state index contributed by atoms with van der Waals surface area (Å²) in [5.74, 6) is -0.0715. The van der Waals surface area contributed by atoms with E-state index in [0.29, 0.717) is 5.00 Å². The van der Waals surface area contributed by atoms with Gasteiger partial charge in [0.2, 0.25) is 5.91 Å². The van der Waals surface area contributed by atoms with Gasteiger partial charge in [0.15, 0.2) is 0 Å². The summed E-state index contributed by atoms with van der Waals surface area (Å²) in [6.45, 7) is 1.50. The van der Waals surface area contributed by atoms with Gasteiger partial charge in [-0.25, -0.2) is 4.79 Å². The lowest BCUT2D eigenvalue weighted by atomic mass is 10.4. The maximum atomic E-state index is 12.1. The fourth-order valence-corrected chi connectivity index (χ4v) is 2.76. The van der Waals surface area contributed by atoms with Gasteiger partial charge in [-0.05, 0) is 40.8 Å². The summed E-state index contributed by atoms with van der Waals surface area (Å²) in [7, 11) is 0. The molecule has 0 N–H and O–H groups in total. The van der Waals surface area contributed by atoms with Gasteiger partial charge in [0.05, 0.1) is 0 Å². The molecule has 3 rings (SSSR count). The van der Waals surface area contributed by atoms with Gasteiger partial charge in [-0.3, -0.25) is 4.79 Å². The third-order valence-electron chi connectivity index (χ3n) is 3.10. The highest BCUT2D eigenvalue weighted by atomic mass is 32.1. The third kappa shape index (κ3) is 2.30. The number of rotatable bonds is 3. The monoisotopic (exact) mass is 279 g/mol. The van der Waals surface area contributed by atoms with Crippen molar-refractivity contribution < 1.29 is 4.79 Å². The van der Waals surface area contributed by atoms with Crippen molar-refractivity contribution in [1.29, 1.82) is 0 Å². The number of thiophene rings is 1. The van der Waals surface area contributed by atoms with Gasteiger partial charge < -0.3 is 4.90 Å². The van der Waals surface area contributed by atoms with Gasteiger partial charge in [0.25, 0.3) is 0 Å². The molecule has 1 amide bonds. The normalized spacial score (nSPS) is 15.1. The largest absolute Gasteiger partial charge is 0.369 e. The lowest BCUT2D eigenvalue weighted by Crippen LogP contribution is -2.35. The number of carbonyl (C=O) groups excluding carboxylic acids is 1. The van der Waals surface area contributed by atoms with Gasteiger partial charge in [0.1, 0.15) is 11.5 Å². The van der Waals surface area contributed by atoms with Gasteiger partial charge in [0, 0.05) is 13.1 Å². The van der Waals surface area contributed by atoms with Gasteiger partial charge in [-0.2, -0.15) is 9.36 Å². The smallest absolute Gasteiger partial charge is 0.341 e. The summed E-state index contributed by atoms with van der Waals surface area (Å²) in [6, 6.07) is 3.62. The number of amides is 1. The summed E-state index contributed by atoms with van der Waals surface area (Å²) in [4.78, 5) is 25.8. The fraction of sp³-hybridized carbons (Fsp3) is 0.455. The van der Waals surface area contributed by atoms with Crippen LogP contribution in [-0.4, -0.2) is 43.7 Å². The zero-order chi connectivity index (χ0) is 13.2. The molecule has 7 nitrogen and oxygen atoms in total. The lowest BCUT2D eigenvalue weighted by molar-refractivity contribution is -0.131. The number of nitrogens with zero attached hydrogens (tertiary/aromatic N) is 5. The molecule has 100 valence electrons. The summed E-state index contributed by atoms with van der Waals surface area (Å²) in [5.41, 5.74) is -0.380. The van der Waals surface area contributed by atoms with E-state index in [0.717, 1.165) is 30.6 Å². The first-order valence-corrected chi connectivity index (χ1v) is 6.98. The van der Waals surface area contributed by atoms with Crippen LogP contribution < -0.4 is 5.69 Å². The van der Waals surface area contributed by atoms with Crippen LogP contribution in [-0.2, 0) is 11.3 Å². The number of aromatic nitrogens is 4. The van der Waals surface area contributed by atoms with E-state index in [9.17, 15) is 9.59 Å². The Hall–Kier alpha value is -1.96. The summed E-state index contributed by atoms with van der Waals surface area (Å²) in [5, 5.41) is 10.1. The summed E-state index contributed by atoms with van der Waals surface area (Å²) < 4.78 is 2.32. The van der Waals surface area contributed by atoms with Crippen LogP contribution in [0.2, 0.25) is 0 Å². The third-order valence-corrected chi connectivity index (χ3v) is 3.94. The number of hydrogen-bond donors (Lipinski definition) is 0. The fourth-order valence-electron chi connectivity index (χ4n) is 2.10. The van der Waals surface area contributed by atoms with E-state index in [1.807, 2.05) is 11.4 Å². The molecule has 1 saturated heterocycles. The van der Waals surface area contributed by atoms with E-state index in [4.69, 9.17) is 0 Å². The number of carbonyl (C=O) groups is 1. The predicted molar refractivity (Wildman–Crippen MR) is 69.3 cm³/mol. The van der Waals surface area contributed by atoms with E-state index in [2.05, 4.69) is 10.4 Å². The van der Waals surface area contributed by atoms with Crippen molar-refractivity contribution in [3.8, 4) is 5.00 Å². The SMILES string of the molecule is O=C(Cn1nnn(-c2cccs2)c1=O)N1CCCC1. The average Bonchev–Trinajstić information content (AvgIpc) is 3.11. The molecule has 0 unspecified atom stereocenters. The Bertz CT molecular complexity index is 624. The van der Waals surface area contributed by atoms with Crippen LogP contribution in [0.15, 0.2) is 22.3 Å². The highest BCUT2D eigenvalue weighted by Gasteiger charge is 2.20. The van der Waals surface area contributed by atoms with Crippen LogP contribution in [0.25, 0.3) is 5.00 Å². The molecule has 8 heteroatoms. The van der Waals surface area contributed by atoms with Crippen molar-refractivity contribution in [1.82, 2.24) is 24.7 Å². The highest BCUT2D eigenvalue weighted by molar-refractivity contribution is 7.12. The van der Waals surface area contributed by atoms with Crippen molar-refractivity contribution >= 4 is 17.2 Å². The highest BCUT2D eigenvalue weighted by Crippen LogP contribution is 2.11. The first kappa shape index (κ1) is 12.1. The first-order chi connectivity index (χ1) is 9.25. The van der Waals surface area contributed by atoms with Gasteiger partial charge in [-0.1, -0.05) is 0 Å². The van der Waals surface area contributed by atoms with Crippen LogP contribution in [0, 0.1) is 0 Å². The Morgan fingerprint density at radius 3 is 2.79 bits per heavy atom. The molecule has 0 aliphatic carbocycles. The average molecular weight is 279 g/mol. The molecule has 0 bridgehead atoms. The Morgan fingerprint density at radius 1 is 1.32 bits per heavy atom. The molecule has 0 atom stereocenters. The molecule has 0 radical (unpaired) electrons. The van der Waals surface area contributed by atoms with Crippen LogP contribution in [0.1, 0.15) is 12.8 Å². The van der Waals surface area contributed by atoms with Crippen molar-refractivity contribution in [3.63, 3.8) is 0 Å². The second-order valence-corrected chi connectivity index (χ2v) is 5.30. The van der Waals surface area contributed by atoms with Crippen molar-refractivity contribution in [3.05, 3.63) is 28.0 Å². The van der Waals surface area contributed by atoms with Crippen molar-refractivity contribution in [2.24, 2.45) is 0 Å². The Morgan fingerprint density at radius 2 is 2.11 bits per heavy atom. The molecular weight excluding hydrogens is 266 g/mol. The minimum Gasteiger partial charge on any atom is -0.341 e. The number of tetrazole rings is 1. The minimum absolute atomic E-state index is 0.0375. The van der Waals surface area contributed by atoms with Crippen LogP contribution >= 0.6 is 11.3 Å². The molecule has 0 spiro atoms. The van der Waals surface area contributed by atoms with Crippen LogP contribution in [0.3, 0.4) is 0 Å². The van der Waals surface area contributed by atoms with Crippen LogP contribution in [0.5, 0.6) is 0 Å². The molecule has 1 aliphatic rings. The number of hydrogen-bond acceptors (Lipinski definition) is 5. The van der Waals surface area contributed by atoms with Gasteiger partial charge in [-0.15, -0.1) is 11.3 Å². The Labute approximate surface area is 113 Å². The second kappa shape index (κ2) is 4.96. The molecule has 1 aliphatic heterocycles. The molecule has 3 heterocycles. The summed E-state index contributed by atoms with van der Waals surface area (Å²) in [6.07, 6.45) is 2.06. The Balaban J connectivity index is 1.79. The van der Waals surface area contributed by atoms with E-state index >= 15 is 0 Å². The number of likely N-dealkylation sites (tertiary alicyclic amines) is 1. The van der Waals surface area contributed by atoms with Crippen molar-refractivity contribution in [2.75, 3.05) is 13.1 Å². The van der Waals surface area contributed by atoms with E-state index in [1.54, 1.807) is 11.0 Å². The first-order valence-electron chi connectivity index (χ1n) is 6.10. The standard InChI is InChI=1S/C11H13N5O2S/c17-9(14-5-1-2-6-14)8-15-11(18)16(13-12-15)10-4-3-7-19-10/h3-4,7H,1-2,5-6,8H2. The summed E-state index contributed by atoms with van der Waals surface area (Å²) >= 11 is 1.40. The molecular formula is C11H13N5O2S. The van der Waals surface area contributed by atoms with Crippen molar-refractivity contribution in [2.45, 2.75) is 19.4 Å². The van der Waals surface area contributed by atoms with E-state index in [1.165, 1.54) is 16.0 Å². The maximum Gasteiger partial charge on any atom is 0.369 e. The molecule has 2 aromatic rings. The van der Waals surface area contributed by atoms with Gasteiger partial charge >= 0.3 is 5.69 Å². The second-order valence-electron chi connectivity index (χ2n) is 4.37.